The van der Waals surface area contributed by atoms with Gasteiger partial charge in [-0.3, -0.25) is 0 Å². The van der Waals surface area contributed by atoms with Crippen LogP contribution < -0.4 is 5.73 Å². The van der Waals surface area contributed by atoms with Gasteiger partial charge in [0.25, 0.3) is 0 Å². The molecule has 0 unspecified atom stereocenters. The molecule has 0 aliphatic carbocycles. The first-order chi connectivity index (χ1) is 6.17. The average Bonchev–Trinajstić information content (AvgIpc) is 2.15. The SMILES string of the molecule is COC(=O)c1cc(Cl)nc(CN)c1. The van der Waals surface area contributed by atoms with E-state index in [0.29, 0.717) is 11.3 Å². The minimum absolute atomic E-state index is 0.239. The fourth-order valence-electron chi connectivity index (χ4n) is 0.891. The zero-order chi connectivity index (χ0) is 9.84. The van der Waals surface area contributed by atoms with E-state index in [2.05, 4.69) is 9.72 Å². The molecule has 0 aliphatic heterocycles. The number of rotatable bonds is 2. The van der Waals surface area contributed by atoms with Gasteiger partial charge in [-0.1, -0.05) is 11.6 Å². The van der Waals surface area contributed by atoms with Gasteiger partial charge >= 0.3 is 5.97 Å². The standard InChI is InChI=1S/C8H9ClN2O2/c1-13-8(12)5-2-6(4-10)11-7(9)3-5/h2-3H,4,10H2,1H3. The van der Waals surface area contributed by atoms with Crippen LogP contribution in [0.1, 0.15) is 16.1 Å². The van der Waals surface area contributed by atoms with Gasteiger partial charge in [0.15, 0.2) is 0 Å². The predicted molar refractivity (Wildman–Crippen MR) is 48.5 cm³/mol. The molecule has 1 aromatic rings. The van der Waals surface area contributed by atoms with E-state index < -0.39 is 5.97 Å². The summed E-state index contributed by atoms with van der Waals surface area (Å²) in [5.41, 5.74) is 6.28. The minimum atomic E-state index is -0.445. The summed E-state index contributed by atoms with van der Waals surface area (Å²) in [4.78, 5) is 15.0. The maximum absolute atomic E-state index is 11.1. The highest BCUT2D eigenvalue weighted by molar-refractivity contribution is 6.29. The Morgan fingerprint density at radius 1 is 1.69 bits per heavy atom. The highest BCUT2D eigenvalue weighted by Crippen LogP contribution is 2.11. The van der Waals surface area contributed by atoms with Gasteiger partial charge in [-0.2, -0.15) is 0 Å². The molecule has 70 valence electrons. The van der Waals surface area contributed by atoms with Gasteiger partial charge < -0.3 is 10.5 Å². The molecule has 0 saturated carbocycles. The van der Waals surface area contributed by atoms with E-state index in [0.717, 1.165) is 0 Å². The molecule has 0 fully saturated rings. The van der Waals surface area contributed by atoms with Gasteiger partial charge in [0.1, 0.15) is 5.15 Å². The predicted octanol–water partition coefficient (Wildman–Crippen LogP) is 0.980. The number of nitrogens with zero attached hydrogens (tertiary/aromatic N) is 1. The molecule has 2 N–H and O–H groups in total. The fourth-order valence-corrected chi connectivity index (χ4v) is 1.12. The van der Waals surface area contributed by atoms with Crippen LogP contribution in [0, 0.1) is 0 Å². The quantitative estimate of drug-likeness (QED) is 0.571. The van der Waals surface area contributed by atoms with Crippen LogP contribution in [0.4, 0.5) is 0 Å². The van der Waals surface area contributed by atoms with Gasteiger partial charge in [0.05, 0.1) is 18.4 Å². The van der Waals surface area contributed by atoms with Gasteiger partial charge in [0, 0.05) is 6.54 Å². The lowest BCUT2D eigenvalue weighted by molar-refractivity contribution is 0.0600. The monoisotopic (exact) mass is 200 g/mol. The van der Waals surface area contributed by atoms with Crippen LogP contribution in [0.3, 0.4) is 0 Å². The maximum atomic E-state index is 11.1. The van der Waals surface area contributed by atoms with Crippen LogP contribution in [0.25, 0.3) is 0 Å². The molecule has 1 rings (SSSR count). The molecule has 0 amide bonds. The van der Waals surface area contributed by atoms with Crippen LogP contribution in [0.15, 0.2) is 12.1 Å². The van der Waals surface area contributed by atoms with Crippen molar-refractivity contribution in [3.63, 3.8) is 0 Å². The molecule has 5 heteroatoms. The summed E-state index contributed by atoms with van der Waals surface area (Å²) < 4.78 is 4.52. The van der Waals surface area contributed by atoms with Crippen LogP contribution in [-0.4, -0.2) is 18.1 Å². The molecule has 4 nitrogen and oxygen atoms in total. The van der Waals surface area contributed by atoms with Crippen molar-refractivity contribution < 1.29 is 9.53 Å². The van der Waals surface area contributed by atoms with Gasteiger partial charge in [0.2, 0.25) is 0 Å². The highest BCUT2D eigenvalue weighted by Gasteiger charge is 2.07. The summed E-state index contributed by atoms with van der Waals surface area (Å²) >= 11 is 5.66. The van der Waals surface area contributed by atoms with Crippen molar-refractivity contribution >= 4 is 17.6 Å². The summed E-state index contributed by atoms with van der Waals surface area (Å²) in [6.07, 6.45) is 0. The molecular formula is C8H9ClN2O2. The summed E-state index contributed by atoms with van der Waals surface area (Å²) in [7, 11) is 1.30. The summed E-state index contributed by atoms with van der Waals surface area (Å²) in [5.74, 6) is -0.445. The number of carbonyl (C=O) groups is 1. The molecule has 1 heterocycles. The lowest BCUT2D eigenvalue weighted by atomic mass is 10.2. The lowest BCUT2D eigenvalue weighted by Gasteiger charge is -2.02. The van der Waals surface area contributed by atoms with Crippen molar-refractivity contribution in [3.05, 3.63) is 28.5 Å². The Morgan fingerprint density at radius 3 is 2.92 bits per heavy atom. The molecule has 0 saturated heterocycles. The third-order valence-electron chi connectivity index (χ3n) is 1.48. The van der Waals surface area contributed by atoms with Gasteiger partial charge in [-0.05, 0) is 12.1 Å². The zero-order valence-corrected chi connectivity index (χ0v) is 7.84. The third kappa shape index (κ3) is 2.40. The first-order valence-corrected chi connectivity index (χ1v) is 4.00. The Balaban J connectivity index is 3.08. The maximum Gasteiger partial charge on any atom is 0.338 e. The lowest BCUT2D eigenvalue weighted by Crippen LogP contribution is -2.06. The summed E-state index contributed by atoms with van der Waals surface area (Å²) in [6, 6.07) is 2.99. The topological polar surface area (TPSA) is 65.2 Å². The molecular weight excluding hydrogens is 192 g/mol. The van der Waals surface area contributed by atoms with Crippen LogP contribution in [-0.2, 0) is 11.3 Å². The number of hydrogen-bond donors (Lipinski definition) is 1. The van der Waals surface area contributed by atoms with E-state index in [9.17, 15) is 4.79 Å². The van der Waals surface area contributed by atoms with Crippen molar-refractivity contribution in [2.45, 2.75) is 6.54 Å². The number of pyridine rings is 1. The number of halogens is 1. The molecule has 0 bridgehead atoms. The molecule has 0 atom stereocenters. The van der Waals surface area contributed by atoms with E-state index in [1.165, 1.54) is 13.2 Å². The van der Waals surface area contributed by atoms with E-state index in [4.69, 9.17) is 17.3 Å². The second kappa shape index (κ2) is 4.20. The smallest absolute Gasteiger partial charge is 0.338 e. The largest absolute Gasteiger partial charge is 0.465 e. The number of nitrogens with two attached hydrogens (primary N) is 1. The van der Waals surface area contributed by atoms with Crippen molar-refractivity contribution in [1.82, 2.24) is 4.98 Å². The third-order valence-corrected chi connectivity index (χ3v) is 1.67. The highest BCUT2D eigenvalue weighted by atomic mass is 35.5. The van der Waals surface area contributed by atoms with Crippen molar-refractivity contribution in [2.24, 2.45) is 5.73 Å². The van der Waals surface area contributed by atoms with Gasteiger partial charge in [-0.25, -0.2) is 9.78 Å². The first kappa shape index (κ1) is 9.95. The average molecular weight is 201 g/mol. The molecule has 13 heavy (non-hydrogen) atoms. The molecule has 0 spiro atoms. The Morgan fingerprint density at radius 2 is 2.38 bits per heavy atom. The van der Waals surface area contributed by atoms with Crippen LogP contribution in [0.2, 0.25) is 5.15 Å². The number of hydrogen-bond acceptors (Lipinski definition) is 4. The normalized spacial score (nSPS) is 9.77. The van der Waals surface area contributed by atoms with Crippen molar-refractivity contribution in [2.75, 3.05) is 7.11 Å². The number of aromatic nitrogens is 1. The Bertz CT molecular complexity index is 328. The van der Waals surface area contributed by atoms with Crippen LogP contribution in [0.5, 0.6) is 0 Å². The first-order valence-electron chi connectivity index (χ1n) is 3.62. The summed E-state index contributed by atoms with van der Waals surface area (Å²) in [6.45, 7) is 0.241. The van der Waals surface area contributed by atoms with Crippen molar-refractivity contribution in [3.8, 4) is 0 Å². The Kier molecular flexibility index (Phi) is 3.22. The Hall–Kier alpha value is -1.13. The second-order valence-corrected chi connectivity index (χ2v) is 2.75. The number of methoxy groups -OCH3 is 1. The fraction of sp³-hybridized carbons (Fsp3) is 0.250. The van der Waals surface area contributed by atoms with E-state index in [-0.39, 0.29) is 11.7 Å². The van der Waals surface area contributed by atoms with Gasteiger partial charge in [-0.15, -0.1) is 0 Å². The Labute approximate surface area is 80.7 Å². The number of ether oxygens (including phenoxy) is 1. The molecule has 0 radical (unpaired) electrons. The molecule has 1 aromatic heterocycles. The van der Waals surface area contributed by atoms with E-state index in [1.807, 2.05) is 0 Å². The molecule has 0 aliphatic rings. The summed E-state index contributed by atoms with van der Waals surface area (Å²) in [5, 5.41) is 0.239. The number of esters is 1. The molecule has 0 aromatic carbocycles. The zero-order valence-electron chi connectivity index (χ0n) is 7.08. The minimum Gasteiger partial charge on any atom is -0.465 e. The van der Waals surface area contributed by atoms with Crippen LogP contribution >= 0.6 is 11.6 Å². The van der Waals surface area contributed by atoms with E-state index in [1.54, 1.807) is 6.07 Å². The second-order valence-electron chi connectivity index (χ2n) is 2.37. The number of carbonyl (C=O) groups excluding carboxylic acids is 1. The van der Waals surface area contributed by atoms with Crippen molar-refractivity contribution in [1.29, 1.82) is 0 Å². The van der Waals surface area contributed by atoms with E-state index >= 15 is 0 Å².